The van der Waals surface area contributed by atoms with Crippen molar-refractivity contribution in [2.24, 2.45) is 17.6 Å². The number of likely N-dealkylation sites (N-methyl/N-ethyl adjacent to an activating group) is 1. The summed E-state index contributed by atoms with van der Waals surface area (Å²) in [5.41, 5.74) is 1.63. The highest BCUT2D eigenvalue weighted by Gasteiger charge is 2.67. The molecule has 0 bridgehead atoms. The fourth-order valence-electron chi connectivity index (χ4n) is 8.05. The number of carbonyl (C=O) groups is 3. The average Bonchev–Trinajstić information content (AvgIpc) is 3.43. The van der Waals surface area contributed by atoms with E-state index in [1.165, 1.54) is 31.8 Å². The standard InChI is InChI=1S/C32H43N3O8/c1-15-16-9-10-17(31(2,3)11-8-14-35-12-6-7-13-35)24(36)19(16)25(37)20-18(15)26(38)22-23(34(4)5)27(39)21(30(33)42)29(41)32(22,43)28(20)40/h9-10,15,18,22-23,26,36,38-40,43H,6-8,11-14H2,1-5H3,(H2,33,42)/t15-,18+,22+,23-,26+,32-/m1/s1. The van der Waals surface area contributed by atoms with Crippen LogP contribution in [-0.2, 0) is 15.0 Å². The second-order valence-corrected chi connectivity index (χ2v) is 13.5. The maximum Gasteiger partial charge on any atom is 0.255 e. The lowest BCUT2D eigenvalue weighted by atomic mass is 9.55. The zero-order valence-corrected chi connectivity index (χ0v) is 25.4. The third-order valence-corrected chi connectivity index (χ3v) is 10.3. The Labute approximate surface area is 251 Å². The number of hydrogen-bond acceptors (Lipinski definition) is 10. The molecule has 43 heavy (non-hydrogen) atoms. The maximum absolute atomic E-state index is 14.2. The van der Waals surface area contributed by atoms with Gasteiger partial charge in [0.05, 0.1) is 23.6 Å². The van der Waals surface area contributed by atoms with Gasteiger partial charge >= 0.3 is 0 Å². The molecule has 0 unspecified atom stereocenters. The summed E-state index contributed by atoms with van der Waals surface area (Å²) in [6, 6.07) is 2.27. The van der Waals surface area contributed by atoms with Crippen molar-refractivity contribution in [2.75, 3.05) is 33.7 Å². The molecule has 5 rings (SSSR count). The zero-order chi connectivity index (χ0) is 31.8. The van der Waals surface area contributed by atoms with Gasteiger partial charge in [-0.1, -0.05) is 32.9 Å². The van der Waals surface area contributed by atoms with Crippen LogP contribution in [0.25, 0.3) is 0 Å². The number of nitrogens with two attached hydrogens (primary N) is 1. The molecule has 0 saturated carbocycles. The second-order valence-electron chi connectivity index (χ2n) is 13.5. The predicted octanol–water partition coefficient (Wildman–Crippen LogP) is 1.81. The Morgan fingerprint density at radius 2 is 1.77 bits per heavy atom. The van der Waals surface area contributed by atoms with Crippen molar-refractivity contribution < 1.29 is 39.9 Å². The minimum Gasteiger partial charge on any atom is -0.510 e. The first-order chi connectivity index (χ1) is 20.1. The summed E-state index contributed by atoms with van der Waals surface area (Å²) < 4.78 is 0. The van der Waals surface area contributed by atoms with E-state index in [1.807, 2.05) is 13.8 Å². The number of phenols is 1. The van der Waals surface area contributed by atoms with Crippen LogP contribution < -0.4 is 5.73 Å². The van der Waals surface area contributed by atoms with Gasteiger partial charge in [0, 0.05) is 17.1 Å². The van der Waals surface area contributed by atoms with Gasteiger partial charge in [-0.15, -0.1) is 0 Å². The first-order valence-corrected chi connectivity index (χ1v) is 15.0. The molecule has 0 radical (unpaired) electrons. The number of carbonyl (C=O) groups excluding carboxylic acids is 3. The summed E-state index contributed by atoms with van der Waals surface area (Å²) in [5.74, 6) is -8.76. The van der Waals surface area contributed by atoms with E-state index in [1.54, 1.807) is 19.1 Å². The van der Waals surface area contributed by atoms with Crippen molar-refractivity contribution in [1.82, 2.24) is 9.80 Å². The largest absolute Gasteiger partial charge is 0.510 e. The van der Waals surface area contributed by atoms with Gasteiger partial charge in [-0.3, -0.25) is 19.3 Å². The number of likely N-dealkylation sites (tertiary alicyclic amines) is 1. The fraction of sp³-hybridized carbons (Fsp3) is 0.594. The van der Waals surface area contributed by atoms with Gasteiger partial charge in [-0.05, 0) is 76.3 Å². The second kappa shape index (κ2) is 10.7. The summed E-state index contributed by atoms with van der Waals surface area (Å²) in [5, 5.41) is 57.8. The van der Waals surface area contributed by atoms with E-state index < -0.39 is 81.1 Å². The van der Waals surface area contributed by atoms with Crippen molar-refractivity contribution in [2.45, 2.75) is 75.5 Å². The third-order valence-electron chi connectivity index (χ3n) is 10.3. The van der Waals surface area contributed by atoms with Crippen molar-refractivity contribution >= 4 is 17.5 Å². The number of aromatic hydroxyl groups is 1. The smallest absolute Gasteiger partial charge is 0.255 e. The molecule has 1 aromatic rings. The van der Waals surface area contributed by atoms with Crippen LogP contribution in [-0.4, -0.2) is 104 Å². The van der Waals surface area contributed by atoms with Crippen LogP contribution in [0.5, 0.6) is 5.75 Å². The number of benzene rings is 1. The van der Waals surface area contributed by atoms with Gasteiger partial charge in [0.1, 0.15) is 22.8 Å². The molecular formula is C32H43N3O8. The number of hydrogen-bond donors (Lipinski definition) is 6. The molecule has 3 aliphatic carbocycles. The van der Waals surface area contributed by atoms with Crippen molar-refractivity contribution in [1.29, 1.82) is 0 Å². The fourth-order valence-corrected chi connectivity index (χ4v) is 8.05. The topological polar surface area (TPSA) is 185 Å². The van der Waals surface area contributed by atoms with E-state index in [2.05, 4.69) is 4.90 Å². The summed E-state index contributed by atoms with van der Waals surface area (Å²) in [7, 11) is 3.02. The Bertz CT molecular complexity index is 1440. The van der Waals surface area contributed by atoms with Gasteiger partial charge in [0.25, 0.3) is 5.91 Å². The van der Waals surface area contributed by atoms with Gasteiger partial charge in [0.15, 0.2) is 11.4 Å². The number of primary amides is 1. The molecule has 1 saturated heterocycles. The van der Waals surface area contributed by atoms with Crippen LogP contribution in [0.2, 0.25) is 0 Å². The highest BCUT2D eigenvalue weighted by Crippen LogP contribution is 2.56. The van der Waals surface area contributed by atoms with Gasteiger partial charge < -0.3 is 36.2 Å². The van der Waals surface area contributed by atoms with E-state index in [0.717, 1.165) is 32.5 Å². The molecule has 11 heteroatoms. The number of rotatable bonds is 7. The Kier molecular flexibility index (Phi) is 7.78. The summed E-state index contributed by atoms with van der Waals surface area (Å²) in [6.07, 6.45) is 2.45. The van der Waals surface area contributed by atoms with Crippen molar-refractivity contribution in [3.05, 3.63) is 51.5 Å². The molecule has 1 aromatic carbocycles. The number of phenolic OH excluding ortho intramolecular Hbond substituents is 1. The van der Waals surface area contributed by atoms with Crippen LogP contribution in [0.3, 0.4) is 0 Å². The molecule has 1 amide bonds. The molecule has 4 aliphatic rings. The Balaban J connectivity index is 1.61. The molecular weight excluding hydrogens is 554 g/mol. The molecule has 234 valence electrons. The van der Waals surface area contributed by atoms with E-state index >= 15 is 0 Å². The molecule has 7 N–H and O–H groups in total. The van der Waals surface area contributed by atoms with E-state index in [4.69, 9.17) is 5.73 Å². The van der Waals surface area contributed by atoms with E-state index in [-0.39, 0.29) is 11.3 Å². The summed E-state index contributed by atoms with van der Waals surface area (Å²) in [4.78, 5) is 43.8. The highest BCUT2D eigenvalue weighted by molar-refractivity contribution is 6.25. The van der Waals surface area contributed by atoms with Crippen LogP contribution >= 0.6 is 0 Å². The van der Waals surface area contributed by atoms with Crippen molar-refractivity contribution in [3.63, 3.8) is 0 Å². The molecule has 6 atom stereocenters. The molecule has 1 heterocycles. The molecule has 0 aromatic heterocycles. The van der Waals surface area contributed by atoms with Gasteiger partial charge in [-0.2, -0.15) is 0 Å². The summed E-state index contributed by atoms with van der Waals surface area (Å²) >= 11 is 0. The van der Waals surface area contributed by atoms with Crippen LogP contribution in [0.4, 0.5) is 0 Å². The van der Waals surface area contributed by atoms with Gasteiger partial charge in [0.2, 0.25) is 5.78 Å². The Morgan fingerprint density at radius 1 is 1.14 bits per heavy atom. The van der Waals surface area contributed by atoms with Gasteiger partial charge in [-0.25, -0.2) is 0 Å². The SMILES string of the molecule is C[C@@H]1c2ccc(C(C)(C)CCCN3CCCC3)c(O)c2C(=O)C2=C(O)[C@@]3(O)C(=O)C(C(N)=O)=C(O)[C@H](N(C)C)[C@H]3[C@@H](O)[C@H]21. The lowest BCUT2D eigenvalue weighted by Crippen LogP contribution is -2.68. The lowest BCUT2D eigenvalue weighted by molar-refractivity contribution is -0.162. The number of nitrogens with zero attached hydrogens (tertiary/aromatic N) is 2. The minimum atomic E-state index is -2.92. The number of fused-ring (bicyclic) bond motifs is 3. The average molecular weight is 598 g/mol. The molecule has 11 nitrogen and oxygen atoms in total. The normalized spacial score (nSPS) is 31.4. The van der Waals surface area contributed by atoms with E-state index in [9.17, 15) is 39.9 Å². The monoisotopic (exact) mass is 597 g/mol. The number of aliphatic hydroxyl groups excluding tert-OH is 3. The molecule has 0 spiro atoms. The van der Waals surface area contributed by atoms with Crippen LogP contribution in [0.1, 0.15) is 73.9 Å². The summed E-state index contributed by atoms with van der Waals surface area (Å²) in [6.45, 7) is 8.85. The first-order valence-electron chi connectivity index (χ1n) is 15.0. The van der Waals surface area contributed by atoms with Crippen LogP contribution in [0, 0.1) is 11.8 Å². The highest BCUT2D eigenvalue weighted by atomic mass is 16.4. The third kappa shape index (κ3) is 4.51. The first kappa shape index (κ1) is 31.2. The molecule has 1 fully saturated rings. The predicted molar refractivity (Wildman–Crippen MR) is 158 cm³/mol. The number of aliphatic hydroxyl groups is 4. The lowest BCUT2D eigenvalue weighted by Gasteiger charge is -2.53. The minimum absolute atomic E-state index is 0.0504. The number of ketones is 2. The van der Waals surface area contributed by atoms with Crippen LogP contribution in [0.15, 0.2) is 34.8 Å². The van der Waals surface area contributed by atoms with Crippen molar-refractivity contribution in [3.8, 4) is 5.75 Å². The van der Waals surface area contributed by atoms with E-state index in [0.29, 0.717) is 11.1 Å². The Hall–Kier alpha value is -3.25. The zero-order valence-electron chi connectivity index (χ0n) is 25.4. The quantitative estimate of drug-likeness (QED) is 0.253. The number of amides is 1. The maximum atomic E-state index is 14.2. The molecule has 1 aliphatic heterocycles. The Morgan fingerprint density at radius 3 is 2.35 bits per heavy atom. The number of Topliss-reactive ketones (excluding diaryl/α,β-unsaturated/α-hetero) is 2.